The molecule has 2 heterocycles. The minimum absolute atomic E-state index is 0.0886. The van der Waals surface area contributed by atoms with Gasteiger partial charge in [-0.2, -0.15) is 5.10 Å². The molecule has 0 amide bonds. The van der Waals surface area contributed by atoms with Crippen molar-refractivity contribution in [3.05, 3.63) is 36.7 Å². The highest BCUT2D eigenvalue weighted by molar-refractivity contribution is 5.76. The van der Waals surface area contributed by atoms with E-state index in [4.69, 9.17) is 11.1 Å². The van der Waals surface area contributed by atoms with E-state index in [1.807, 2.05) is 24.3 Å². The number of hydrogen-bond donors (Lipinski definition) is 2. The van der Waals surface area contributed by atoms with Crippen molar-refractivity contribution < 1.29 is 0 Å². The van der Waals surface area contributed by atoms with Crippen molar-refractivity contribution in [2.24, 2.45) is 5.73 Å². The maximum Gasteiger partial charge on any atom is 0.113 e. The second-order valence-corrected chi connectivity index (χ2v) is 3.14. The van der Waals surface area contributed by atoms with E-state index < -0.39 is 0 Å². The Morgan fingerprint density at radius 1 is 1.33 bits per heavy atom. The monoisotopic (exact) mass is 201 g/mol. The minimum Gasteiger partial charge on any atom is -0.386 e. The predicted octanol–water partition coefficient (Wildman–Crippen LogP) is 0.881. The van der Waals surface area contributed by atoms with E-state index in [1.54, 1.807) is 17.1 Å². The zero-order chi connectivity index (χ0) is 10.7. The molecule has 0 unspecified atom stereocenters. The van der Waals surface area contributed by atoms with Crippen molar-refractivity contribution in [1.29, 1.82) is 5.41 Å². The van der Waals surface area contributed by atoms with E-state index >= 15 is 0 Å². The first-order valence-corrected chi connectivity index (χ1v) is 4.53. The van der Waals surface area contributed by atoms with Crippen LogP contribution in [0.5, 0.6) is 0 Å². The molecule has 2 rings (SSSR count). The molecule has 0 atom stereocenters. The summed E-state index contributed by atoms with van der Waals surface area (Å²) in [6.45, 7) is 0.312. The third-order valence-corrected chi connectivity index (χ3v) is 1.90. The van der Waals surface area contributed by atoms with Gasteiger partial charge in [0.1, 0.15) is 11.5 Å². The van der Waals surface area contributed by atoms with Gasteiger partial charge in [0, 0.05) is 12.4 Å². The largest absolute Gasteiger partial charge is 0.386 e. The molecule has 0 aromatic carbocycles. The van der Waals surface area contributed by atoms with Gasteiger partial charge in [-0.15, -0.1) is 0 Å². The lowest BCUT2D eigenvalue weighted by Gasteiger charge is -1.97. The summed E-state index contributed by atoms with van der Waals surface area (Å²) in [6, 6.07) is 7.51. The molecule has 3 N–H and O–H groups in total. The van der Waals surface area contributed by atoms with E-state index in [9.17, 15) is 0 Å². The molecule has 0 radical (unpaired) electrons. The van der Waals surface area contributed by atoms with Gasteiger partial charge in [-0.25, -0.2) is 0 Å². The number of nitrogens with two attached hydrogens (primary N) is 1. The number of hydrogen-bond acceptors (Lipinski definition) is 3. The lowest BCUT2D eigenvalue weighted by Crippen LogP contribution is -2.18. The first-order valence-electron chi connectivity index (χ1n) is 4.53. The summed E-state index contributed by atoms with van der Waals surface area (Å²) >= 11 is 0. The Kier molecular flexibility index (Phi) is 2.45. The SMILES string of the molecule is N=C(N)Cn1ccc(-c2ccccn2)n1. The van der Waals surface area contributed by atoms with Gasteiger partial charge in [-0.05, 0) is 18.2 Å². The maximum absolute atomic E-state index is 7.15. The van der Waals surface area contributed by atoms with E-state index in [1.165, 1.54) is 0 Å². The lowest BCUT2D eigenvalue weighted by molar-refractivity contribution is 0.720. The molecule has 2 aromatic rings. The van der Waals surface area contributed by atoms with Crippen molar-refractivity contribution in [3.63, 3.8) is 0 Å². The third-order valence-electron chi connectivity index (χ3n) is 1.90. The van der Waals surface area contributed by atoms with Gasteiger partial charge in [0.05, 0.1) is 12.2 Å². The van der Waals surface area contributed by atoms with Crippen LogP contribution in [0.4, 0.5) is 0 Å². The molecule has 0 saturated heterocycles. The van der Waals surface area contributed by atoms with E-state index in [2.05, 4.69) is 10.1 Å². The van der Waals surface area contributed by atoms with Crippen LogP contribution in [0, 0.1) is 5.41 Å². The molecule has 0 fully saturated rings. The van der Waals surface area contributed by atoms with Crippen molar-refractivity contribution in [3.8, 4) is 11.4 Å². The maximum atomic E-state index is 7.15. The average molecular weight is 201 g/mol. The summed E-state index contributed by atoms with van der Waals surface area (Å²) < 4.78 is 1.62. The molecule has 15 heavy (non-hydrogen) atoms. The molecule has 0 aliphatic carbocycles. The molecule has 0 bridgehead atoms. The molecule has 5 nitrogen and oxygen atoms in total. The second-order valence-electron chi connectivity index (χ2n) is 3.14. The Labute approximate surface area is 87.1 Å². The van der Waals surface area contributed by atoms with Crippen LogP contribution >= 0.6 is 0 Å². The fraction of sp³-hybridized carbons (Fsp3) is 0.100. The molecule has 0 aliphatic rings. The Hall–Kier alpha value is -2.17. The number of nitrogens with zero attached hydrogens (tertiary/aromatic N) is 3. The summed E-state index contributed by atoms with van der Waals surface area (Å²) in [5, 5.41) is 11.4. The van der Waals surface area contributed by atoms with Gasteiger partial charge in [-0.1, -0.05) is 6.07 Å². The van der Waals surface area contributed by atoms with E-state index in [0.29, 0.717) is 6.54 Å². The predicted molar refractivity (Wildman–Crippen MR) is 57.4 cm³/mol. The minimum atomic E-state index is 0.0886. The molecule has 2 aromatic heterocycles. The zero-order valence-electron chi connectivity index (χ0n) is 8.09. The van der Waals surface area contributed by atoms with Crippen molar-refractivity contribution >= 4 is 5.84 Å². The van der Waals surface area contributed by atoms with Crippen LogP contribution in [-0.4, -0.2) is 20.6 Å². The first-order chi connectivity index (χ1) is 7.25. The van der Waals surface area contributed by atoms with Gasteiger partial charge >= 0.3 is 0 Å². The summed E-state index contributed by atoms with van der Waals surface area (Å²) in [5.41, 5.74) is 6.89. The summed E-state index contributed by atoms with van der Waals surface area (Å²) in [5.74, 6) is 0.0886. The molecule has 5 heteroatoms. The zero-order valence-corrected chi connectivity index (χ0v) is 8.09. The van der Waals surface area contributed by atoms with Crippen molar-refractivity contribution in [1.82, 2.24) is 14.8 Å². The Morgan fingerprint density at radius 2 is 2.20 bits per heavy atom. The van der Waals surface area contributed by atoms with Gasteiger partial charge in [0.15, 0.2) is 0 Å². The fourth-order valence-electron chi connectivity index (χ4n) is 1.28. The number of nitrogens with one attached hydrogen (secondary N) is 1. The van der Waals surface area contributed by atoms with Crippen LogP contribution in [0.15, 0.2) is 36.7 Å². The fourth-order valence-corrected chi connectivity index (χ4v) is 1.28. The number of aromatic nitrogens is 3. The summed E-state index contributed by atoms with van der Waals surface area (Å²) in [7, 11) is 0. The highest BCUT2D eigenvalue weighted by Crippen LogP contribution is 2.12. The number of pyridine rings is 1. The molecule has 0 spiro atoms. The molecular formula is C10H11N5. The van der Waals surface area contributed by atoms with Crippen molar-refractivity contribution in [2.45, 2.75) is 6.54 Å². The molecular weight excluding hydrogens is 190 g/mol. The topological polar surface area (TPSA) is 80.6 Å². The van der Waals surface area contributed by atoms with Crippen LogP contribution < -0.4 is 5.73 Å². The van der Waals surface area contributed by atoms with Crippen LogP contribution in [0.2, 0.25) is 0 Å². The van der Waals surface area contributed by atoms with Crippen LogP contribution in [0.1, 0.15) is 0 Å². The second kappa shape index (κ2) is 3.91. The summed E-state index contributed by atoms with van der Waals surface area (Å²) in [6.07, 6.45) is 3.50. The standard InChI is InChI=1S/C10H11N5/c11-10(12)7-15-6-4-9(14-15)8-3-1-2-5-13-8/h1-6H,7H2,(H3,11,12). The van der Waals surface area contributed by atoms with Gasteiger partial charge in [-0.3, -0.25) is 15.1 Å². The molecule has 76 valence electrons. The Balaban J connectivity index is 2.24. The quantitative estimate of drug-likeness (QED) is 0.571. The Bertz CT molecular complexity index is 460. The number of rotatable bonds is 3. The highest BCUT2D eigenvalue weighted by atomic mass is 15.3. The van der Waals surface area contributed by atoms with Crippen LogP contribution in [0.3, 0.4) is 0 Å². The van der Waals surface area contributed by atoms with Crippen LogP contribution in [-0.2, 0) is 6.54 Å². The smallest absolute Gasteiger partial charge is 0.113 e. The van der Waals surface area contributed by atoms with E-state index in [0.717, 1.165) is 11.4 Å². The highest BCUT2D eigenvalue weighted by Gasteiger charge is 2.02. The normalized spacial score (nSPS) is 10.1. The van der Waals surface area contributed by atoms with Crippen LogP contribution in [0.25, 0.3) is 11.4 Å². The van der Waals surface area contributed by atoms with Crippen molar-refractivity contribution in [2.75, 3.05) is 0 Å². The van der Waals surface area contributed by atoms with Gasteiger partial charge in [0.25, 0.3) is 0 Å². The van der Waals surface area contributed by atoms with Gasteiger partial charge in [0.2, 0.25) is 0 Å². The first kappa shape index (κ1) is 9.39. The molecule has 0 aliphatic heterocycles. The summed E-state index contributed by atoms with van der Waals surface area (Å²) in [4.78, 5) is 4.18. The molecule has 0 saturated carbocycles. The number of amidine groups is 1. The average Bonchev–Trinajstić information content (AvgIpc) is 2.67. The van der Waals surface area contributed by atoms with E-state index in [-0.39, 0.29) is 5.84 Å². The lowest BCUT2D eigenvalue weighted by atomic mass is 10.3. The Morgan fingerprint density at radius 3 is 2.87 bits per heavy atom. The third kappa shape index (κ3) is 2.19. The van der Waals surface area contributed by atoms with Gasteiger partial charge < -0.3 is 5.73 Å².